The van der Waals surface area contributed by atoms with Crippen LogP contribution in [0, 0.1) is 0 Å². The monoisotopic (exact) mass is 348 g/mol. The molecule has 0 unspecified atom stereocenters. The van der Waals surface area contributed by atoms with Gasteiger partial charge in [0.1, 0.15) is 14.1 Å². The molecule has 0 aromatic carbocycles. The SMILES string of the molecule is C[n+]1ccc(CSSCc2cc[n+](C)cc2)cc1.[Cl-].[Cl-]. The maximum absolute atomic E-state index is 2.18. The molecule has 0 amide bonds. The topological polar surface area (TPSA) is 7.76 Å². The van der Waals surface area contributed by atoms with E-state index in [4.69, 9.17) is 0 Å². The van der Waals surface area contributed by atoms with Crippen molar-refractivity contribution in [3.8, 4) is 0 Å². The Balaban J connectivity index is 0.00000180. The van der Waals surface area contributed by atoms with Crippen LogP contribution < -0.4 is 33.9 Å². The molecule has 0 aliphatic rings. The number of nitrogens with zero attached hydrogens (tertiary/aromatic N) is 2. The Labute approximate surface area is 141 Å². The average Bonchev–Trinajstić information content (AvgIpc) is 2.39. The number of rotatable bonds is 5. The highest BCUT2D eigenvalue weighted by atomic mass is 35.5. The number of aryl methyl sites for hydroxylation is 2. The lowest BCUT2D eigenvalue weighted by atomic mass is 10.3. The highest BCUT2D eigenvalue weighted by Gasteiger charge is 1.99. The summed E-state index contributed by atoms with van der Waals surface area (Å²) in [6.07, 6.45) is 8.38. The van der Waals surface area contributed by atoms with Gasteiger partial charge in [0.2, 0.25) is 0 Å². The molecule has 20 heavy (non-hydrogen) atoms. The van der Waals surface area contributed by atoms with E-state index in [0.29, 0.717) is 0 Å². The van der Waals surface area contributed by atoms with Crippen LogP contribution in [0.25, 0.3) is 0 Å². The van der Waals surface area contributed by atoms with Crippen molar-refractivity contribution in [3.63, 3.8) is 0 Å². The minimum Gasteiger partial charge on any atom is -1.00 e. The average molecular weight is 349 g/mol. The number of pyridine rings is 2. The van der Waals surface area contributed by atoms with Crippen molar-refractivity contribution < 1.29 is 33.9 Å². The molecule has 2 aromatic rings. The van der Waals surface area contributed by atoms with Gasteiger partial charge < -0.3 is 24.8 Å². The molecule has 0 bridgehead atoms. The second kappa shape index (κ2) is 10.3. The van der Waals surface area contributed by atoms with Gasteiger partial charge in [0.25, 0.3) is 0 Å². The van der Waals surface area contributed by atoms with Crippen LogP contribution in [0.15, 0.2) is 49.1 Å². The molecular formula is C14H18Cl2N2S2. The first kappa shape index (κ1) is 19.6. The third-order valence-corrected chi connectivity index (χ3v) is 4.91. The lowest BCUT2D eigenvalue weighted by Crippen LogP contribution is -3.00. The molecule has 0 fully saturated rings. The second-order valence-corrected chi connectivity index (χ2v) is 6.73. The molecule has 0 spiro atoms. The first-order valence-corrected chi connectivity index (χ1v) is 8.35. The zero-order valence-electron chi connectivity index (χ0n) is 11.5. The van der Waals surface area contributed by atoms with E-state index < -0.39 is 0 Å². The summed E-state index contributed by atoms with van der Waals surface area (Å²) in [4.78, 5) is 0. The summed E-state index contributed by atoms with van der Waals surface area (Å²) < 4.78 is 4.12. The summed E-state index contributed by atoms with van der Waals surface area (Å²) in [6, 6.07) is 8.71. The van der Waals surface area contributed by atoms with Gasteiger partial charge in [-0.05, 0) is 11.1 Å². The van der Waals surface area contributed by atoms with E-state index in [0.717, 1.165) is 11.5 Å². The summed E-state index contributed by atoms with van der Waals surface area (Å²) in [6.45, 7) is 0. The molecule has 6 heteroatoms. The van der Waals surface area contributed by atoms with Crippen molar-refractivity contribution >= 4 is 21.6 Å². The van der Waals surface area contributed by atoms with E-state index in [2.05, 4.69) is 58.2 Å². The van der Waals surface area contributed by atoms with Crippen LogP contribution in [0.4, 0.5) is 0 Å². The van der Waals surface area contributed by atoms with Crippen molar-refractivity contribution in [1.29, 1.82) is 0 Å². The van der Waals surface area contributed by atoms with Crippen molar-refractivity contribution in [1.82, 2.24) is 0 Å². The van der Waals surface area contributed by atoms with E-state index in [1.807, 2.05) is 35.7 Å². The molecule has 2 nitrogen and oxygen atoms in total. The normalized spacial score (nSPS) is 9.50. The Morgan fingerprint density at radius 3 is 1.30 bits per heavy atom. The zero-order valence-corrected chi connectivity index (χ0v) is 14.6. The van der Waals surface area contributed by atoms with Gasteiger partial charge in [-0.3, -0.25) is 0 Å². The maximum Gasteiger partial charge on any atom is 0.168 e. The molecule has 2 aromatic heterocycles. The van der Waals surface area contributed by atoms with Crippen LogP contribution in [0.3, 0.4) is 0 Å². The van der Waals surface area contributed by atoms with Crippen molar-refractivity contribution in [2.75, 3.05) is 0 Å². The Kier molecular flexibility index (Phi) is 10.1. The lowest BCUT2D eigenvalue weighted by Gasteiger charge is -2.01. The van der Waals surface area contributed by atoms with Crippen LogP contribution in [-0.2, 0) is 25.6 Å². The summed E-state index contributed by atoms with van der Waals surface area (Å²) in [5.74, 6) is 2.12. The number of hydrogen-bond donors (Lipinski definition) is 0. The molecule has 0 N–H and O–H groups in total. The third-order valence-electron chi connectivity index (χ3n) is 2.63. The number of halogens is 2. The molecule has 0 atom stereocenters. The Bertz CT molecular complexity index is 442. The van der Waals surface area contributed by atoms with Gasteiger partial charge in [-0.2, -0.15) is 0 Å². The Morgan fingerprint density at radius 1 is 0.700 bits per heavy atom. The molecule has 0 saturated carbocycles. The molecule has 2 heterocycles. The van der Waals surface area contributed by atoms with E-state index in [-0.39, 0.29) is 24.8 Å². The van der Waals surface area contributed by atoms with Crippen LogP contribution in [-0.4, -0.2) is 0 Å². The fourth-order valence-electron chi connectivity index (χ4n) is 1.48. The molecule has 0 aliphatic carbocycles. The van der Waals surface area contributed by atoms with Gasteiger partial charge in [0.15, 0.2) is 24.8 Å². The first-order chi connectivity index (χ1) is 8.74. The molecule has 110 valence electrons. The van der Waals surface area contributed by atoms with E-state index in [1.165, 1.54) is 11.1 Å². The van der Waals surface area contributed by atoms with Crippen LogP contribution in [0.1, 0.15) is 11.1 Å². The Morgan fingerprint density at radius 2 is 1.00 bits per heavy atom. The van der Waals surface area contributed by atoms with Crippen molar-refractivity contribution in [2.24, 2.45) is 14.1 Å². The largest absolute Gasteiger partial charge is 1.00 e. The highest BCUT2D eigenvalue weighted by molar-refractivity contribution is 8.76. The van der Waals surface area contributed by atoms with Gasteiger partial charge in [-0.25, -0.2) is 9.13 Å². The number of aromatic nitrogens is 2. The summed E-state index contributed by atoms with van der Waals surface area (Å²) in [5, 5.41) is 0. The van der Waals surface area contributed by atoms with Gasteiger partial charge in [0.05, 0.1) is 0 Å². The minimum absolute atomic E-state index is 0. The predicted molar refractivity (Wildman–Crippen MR) is 77.8 cm³/mol. The van der Waals surface area contributed by atoms with Gasteiger partial charge in [-0.15, -0.1) is 0 Å². The third kappa shape index (κ3) is 6.84. The van der Waals surface area contributed by atoms with Gasteiger partial charge in [-0.1, -0.05) is 21.6 Å². The summed E-state index contributed by atoms with van der Waals surface area (Å²) in [5.41, 5.74) is 2.76. The standard InChI is InChI=1S/C14H18N2S2.2ClH/c1-15-7-3-13(4-8-15)11-17-18-12-14-5-9-16(2)10-6-14;;/h3-10H,11-12H2,1-2H3;2*1H/q+2;;/p-2. The smallest absolute Gasteiger partial charge is 0.168 e. The van der Waals surface area contributed by atoms with Gasteiger partial charge in [0, 0.05) is 35.8 Å². The van der Waals surface area contributed by atoms with Crippen molar-refractivity contribution in [3.05, 3.63) is 60.2 Å². The molecule has 0 saturated heterocycles. The quantitative estimate of drug-likeness (QED) is 0.313. The molecule has 2 rings (SSSR count). The second-order valence-electron chi connectivity index (χ2n) is 4.27. The first-order valence-electron chi connectivity index (χ1n) is 5.87. The number of hydrogen-bond acceptors (Lipinski definition) is 2. The van der Waals surface area contributed by atoms with Crippen LogP contribution in [0.5, 0.6) is 0 Å². The van der Waals surface area contributed by atoms with Gasteiger partial charge >= 0.3 is 0 Å². The molecule has 0 aliphatic heterocycles. The molecular weight excluding hydrogens is 331 g/mol. The zero-order chi connectivity index (χ0) is 12.8. The van der Waals surface area contributed by atoms with Crippen LogP contribution in [0.2, 0.25) is 0 Å². The fraction of sp³-hybridized carbons (Fsp3) is 0.286. The maximum atomic E-state index is 2.18. The summed E-state index contributed by atoms with van der Waals surface area (Å²) in [7, 11) is 7.91. The van der Waals surface area contributed by atoms with Crippen LogP contribution >= 0.6 is 21.6 Å². The fourth-order valence-corrected chi connectivity index (χ4v) is 3.62. The molecule has 0 radical (unpaired) electrons. The van der Waals surface area contributed by atoms with E-state index in [9.17, 15) is 0 Å². The Hall–Kier alpha value is -0.420. The van der Waals surface area contributed by atoms with E-state index >= 15 is 0 Å². The van der Waals surface area contributed by atoms with E-state index in [1.54, 1.807) is 0 Å². The van der Waals surface area contributed by atoms with Crippen molar-refractivity contribution in [2.45, 2.75) is 11.5 Å². The minimum atomic E-state index is 0. The lowest BCUT2D eigenvalue weighted by molar-refractivity contribution is -0.671. The summed E-state index contributed by atoms with van der Waals surface area (Å²) >= 11 is 0. The highest BCUT2D eigenvalue weighted by Crippen LogP contribution is 2.28. The predicted octanol–water partition coefficient (Wildman–Crippen LogP) is -3.57.